The van der Waals surface area contributed by atoms with Gasteiger partial charge in [-0.3, -0.25) is 4.79 Å². The number of carbonyl (C=O) groups is 1. The average Bonchev–Trinajstić information content (AvgIpc) is 2.87. The fourth-order valence-corrected chi connectivity index (χ4v) is 3.59. The maximum atomic E-state index is 10.7. The summed E-state index contributed by atoms with van der Waals surface area (Å²) in [4.78, 5) is 11.5. The van der Waals surface area contributed by atoms with Gasteiger partial charge in [-0.15, -0.1) is 27.8 Å². The van der Waals surface area contributed by atoms with Crippen LogP contribution < -0.4 is 0 Å². The van der Waals surface area contributed by atoms with E-state index in [1.54, 1.807) is 22.7 Å². The smallest absolute Gasteiger partial charge is 0.325 e. The van der Waals surface area contributed by atoms with Crippen molar-refractivity contribution in [3.8, 4) is 10.7 Å². The van der Waals surface area contributed by atoms with Gasteiger partial charge in [0.05, 0.1) is 4.88 Å². The average molecular weight is 266 g/mol. The topological polar surface area (TPSA) is 80.9 Å². The second kappa shape index (κ2) is 3.90. The molecule has 0 aromatic carbocycles. The number of carboxylic acids is 1. The van der Waals surface area contributed by atoms with E-state index in [2.05, 4.69) is 15.5 Å². The maximum absolute atomic E-state index is 10.7. The van der Waals surface area contributed by atoms with Gasteiger partial charge in [0.2, 0.25) is 0 Å². The Morgan fingerprint density at radius 3 is 3.12 bits per heavy atom. The van der Waals surface area contributed by atoms with Gasteiger partial charge in [0.15, 0.2) is 5.82 Å². The number of thiophene rings is 2. The van der Waals surface area contributed by atoms with Crippen LogP contribution in [0.1, 0.15) is 0 Å². The van der Waals surface area contributed by atoms with E-state index in [0.29, 0.717) is 5.82 Å². The Morgan fingerprint density at radius 1 is 1.47 bits per heavy atom. The van der Waals surface area contributed by atoms with E-state index in [9.17, 15) is 4.79 Å². The van der Waals surface area contributed by atoms with Crippen LogP contribution in [0.15, 0.2) is 17.5 Å². The predicted octanol–water partition coefficient (Wildman–Crippen LogP) is 1.70. The van der Waals surface area contributed by atoms with E-state index < -0.39 is 5.97 Å². The van der Waals surface area contributed by atoms with Crippen LogP contribution in [-0.2, 0) is 11.3 Å². The van der Waals surface area contributed by atoms with Gasteiger partial charge in [-0.05, 0) is 27.9 Å². The van der Waals surface area contributed by atoms with Crippen LogP contribution >= 0.6 is 22.7 Å². The van der Waals surface area contributed by atoms with Crippen LogP contribution in [0.4, 0.5) is 0 Å². The van der Waals surface area contributed by atoms with E-state index in [4.69, 9.17) is 5.11 Å². The lowest BCUT2D eigenvalue weighted by Gasteiger charge is -1.97. The van der Waals surface area contributed by atoms with Crippen molar-refractivity contribution in [1.82, 2.24) is 20.2 Å². The van der Waals surface area contributed by atoms with Crippen LogP contribution in [-0.4, -0.2) is 31.3 Å². The summed E-state index contributed by atoms with van der Waals surface area (Å²) in [6.45, 7) is -0.228. The van der Waals surface area contributed by atoms with E-state index in [1.807, 2.05) is 17.5 Å². The van der Waals surface area contributed by atoms with Gasteiger partial charge < -0.3 is 5.11 Å². The highest BCUT2D eigenvalue weighted by Gasteiger charge is 2.14. The van der Waals surface area contributed by atoms with Gasteiger partial charge in [0.1, 0.15) is 6.54 Å². The highest BCUT2D eigenvalue weighted by Crippen LogP contribution is 2.35. The normalized spacial score (nSPS) is 11.1. The molecule has 3 heterocycles. The molecule has 0 fully saturated rings. The van der Waals surface area contributed by atoms with Crippen molar-refractivity contribution in [3.63, 3.8) is 0 Å². The number of aliphatic carboxylic acids is 1. The van der Waals surface area contributed by atoms with E-state index in [0.717, 1.165) is 14.3 Å². The Bertz CT molecular complexity index is 655. The lowest BCUT2D eigenvalue weighted by Crippen LogP contribution is -2.11. The first-order chi connectivity index (χ1) is 8.24. The van der Waals surface area contributed by atoms with Crippen LogP contribution in [0.25, 0.3) is 20.1 Å². The van der Waals surface area contributed by atoms with Crippen molar-refractivity contribution in [3.05, 3.63) is 17.5 Å². The quantitative estimate of drug-likeness (QED) is 0.780. The lowest BCUT2D eigenvalue weighted by atomic mass is 10.4. The molecule has 0 saturated heterocycles. The number of carboxylic acid groups (broad SMARTS) is 1. The Balaban J connectivity index is 2.06. The summed E-state index contributed by atoms with van der Waals surface area (Å²) < 4.78 is 3.61. The third-order valence-electron chi connectivity index (χ3n) is 2.18. The summed E-state index contributed by atoms with van der Waals surface area (Å²) in [5.41, 5.74) is 0. The fourth-order valence-electron chi connectivity index (χ4n) is 1.49. The Hall–Kier alpha value is -1.80. The summed E-state index contributed by atoms with van der Waals surface area (Å²) >= 11 is 3.20. The molecule has 8 heteroatoms. The first-order valence-electron chi connectivity index (χ1n) is 4.69. The van der Waals surface area contributed by atoms with Gasteiger partial charge in [0.25, 0.3) is 0 Å². The zero-order chi connectivity index (χ0) is 11.8. The molecule has 0 aliphatic carbocycles. The molecule has 86 valence electrons. The zero-order valence-electron chi connectivity index (χ0n) is 8.40. The predicted molar refractivity (Wildman–Crippen MR) is 64.1 cm³/mol. The molecule has 0 radical (unpaired) electrons. The molecular formula is C9H6N4O2S2. The molecule has 1 N–H and O–H groups in total. The largest absolute Gasteiger partial charge is 0.480 e. The Labute approximate surface area is 103 Å². The Kier molecular flexibility index (Phi) is 2.37. The van der Waals surface area contributed by atoms with Gasteiger partial charge >= 0.3 is 5.97 Å². The first-order valence-corrected chi connectivity index (χ1v) is 6.39. The summed E-state index contributed by atoms with van der Waals surface area (Å²) in [6.07, 6.45) is 0. The molecule has 0 saturated carbocycles. The summed E-state index contributed by atoms with van der Waals surface area (Å²) in [7, 11) is 0. The number of hydrogen-bond donors (Lipinski definition) is 1. The minimum atomic E-state index is -0.961. The molecule has 0 unspecified atom stereocenters. The molecule has 3 aromatic rings. The number of fused-ring (bicyclic) bond motifs is 1. The minimum absolute atomic E-state index is 0.228. The van der Waals surface area contributed by atoms with Crippen LogP contribution in [0, 0.1) is 0 Å². The number of hydrogen-bond acceptors (Lipinski definition) is 6. The summed E-state index contributed by atoms with van der Waals surface area (Å²) in [6, 6.07) is 4.01. The van der Waals surface area contributed by atoms with Crippen molar-refractivity contribution < 1.29 is 9.90 Å². The number of aromatic nitrogens is 4. The molecular weight excluding hydrogens is 260 g/mol. The molecule has 6 nitrogen and oxygen atoms in total. The number of nitrogens with zero attached hydrogens (tertiary/aromatic N) is 4. The van der Waals surface area contributed by atoms with E-state index in [1.165, 1.54) is 4.68 Å². The molecule has 0 spiro atoms. The highest BCUT2D eigenvalue weighted by atomic mass is 32.1. The third kappa shape index (κ3) is 1.81. The van der Waals surface area contributed by atoms with Crippen LogP contribution in [0.2, 0.25) is 0 Å². The first kappa shape index (κ1) is 10.4. The van der Waals surface area contributed by atoms with E-state index in [-0.39, 0.29) is 6.54 Å². The molecule has 0 atom stereocenters. The second-order valence-corrected chi connectivity index (χ2v) is 5.35. The molecule has 0 aliphatic heterocycles. The van der Waals surface area contributed by atoms with Crippen molar-refractivity contribution >= 4 is 38.0 Å². The number of tetrazole rings is 1. The van der Waals surface area contributed by atoms with Gasteiger partial charge in [-0.2, -0.15) is 0 Å². The SMILES string of the molecule is O=C(O)Cn1nnnc1-c1cc2sccc2s1. The third-order valence-corrected chi connectivity index (χ3v) is 4.27. The minimum Gasteiger partial charge on any atom is -0.480 e. The second-order valence-electron chi connectivity index (χ2n) is 3.31. The molecule has 0 aliphatic rings. The van der Waals surface area contributed by atoms with Crippen LogP contribution in [0.5, 0.6) is 0 Å². The van der Waals surface area contributed by atoms with Gasteiger partial charge in [-0.1, -0.05) is 0 Å². The fraction of sp³-hybridized carbons (Fsp3) is 0.111. The van der Waals surface area contributed by atoms with Crippen LogP contribution in [0.3, 0.4) is 0 Å². The van der Waals surface area contributed by atoms with Crippen molar-refractivity contribution in [1.29, 1.82) is 0 Å². The molecule has 3 aromatic heterocycles. The molecule has 0 bridgehead atoms. The standard InChI is InChI=1S/C9H6N4O2S2/c14-8(15)4-13-9(10-11-12-13)7-3-6-5(17-7)1-2-16-6/h1-3H,4H2,(H,14,15). The maximum Gasteiger partial charge on any atom is 0.325 e. The molecule has 0 amide bonds. The van der Waals surface area contributed by atoms with Crippen molar-refractivity contribution in [2.75, 3.05) is 0 Å². The summed E-state index contributed by atoms with van der Waals surface area (Å²) in [5.74, 6) is -0.460. The lowest BCUT2D eigenvalue weighted by molar-refractivity contribution is -0.137. The zero-order valence-corrected chi connectivity index (χ0v) is 10.0. The molecule has 17 heavy (non-hydrogen) atoms. The summed E-state index contributed by atoms with van der Waals surface area (Å²) in [5, 5.41) is 21.8. The monoisotopic (exact) mass is 266 g/mol. The van der Waals surface area contributed by atoms with Gasteiger partial charge in [-0.25, -0.2) is 4.68 Å². The van der Waals surface area contributed by atoms with Gasteiger partial charge in [0, 0.05) is 9.40 Å². The molecule has 3 rings (SSSR count). The highest BCUT2D eigenvalue weighted by molar-refractivity contribution is 7.28. The van der Waals surface area contributed by atoms with Crippen molar-refractivity contribution in [2.45, 2.75) is 6.54 Å². The van der Waals surface area contributed by atoms with E-state index >= 15 is 0 Å². The number of rotatable bonds is 3. The Morgan fingerprint density at radius 2 is 2.35 bits per heavy atom. The van der Waals surface area contributed by atoms with Crippen molar-refractivity contribution in [2.24, 2.45) is 0 Å².